The number of aliphatic carboxylic acids is 2. The molecule has 2 amide bonds. The van der Waals surface area contributed by atoms with Gasteiger partial charge in [0.25, 0.3) is 10.5 Å². The third kappa shape index (κ3) is 9.53. The summed E-state index contributed by atoms with van der Waals surface area (Å²) in [6, 6.07) is 12.2. The third-order valence-electron chi connectivity index (χ3n) is 4.23. The van der Waals surface area contributed by atoms with Gasteiger partial charge >= 0.3 is 11.9 Å². The summed E-state index contributed by atoms with van der Waals surface area (Å²) in [4.78, 5) is 45.1. The van der Waals surface area contributed by atoms with Crippen LogP contribution < -0.4 is 22.1 Å². The number of carboxylic acids is 2. The minimum absolute atomic E-state index is 0.0236. The zero-order valence-corrected chi connectivity index (χ0v) is 19.0. The Morgan fingerprint density at radius 2 is 1.03 bits per heavy atom. The van der Waals surface area contributed by atoms with E-state index in [1.165, 1.54) is 0 Å². The maximum atomic E-state index is 11.9. The molecule has 0 aliphatic rings. The van der Waals surface area contributed by atoms with Gasteiger partial charge in [-0.15, -0.1) is 0 Å². The summed E-state index contributed by atoms with van der Waals surface area (Å²) in [7, 11) is 0. The highest BCUT2D eigenvalue weighted by atomic mass is 32.2. The van der Waals surface area contributed by atoms with Crippen LogP contribution in [0.5, 0.6) is 0 Å². The van der Waals surface area contributed by atoms with Crippen molar-refractivity contribution in [1.82, 2.24) is 0 Å². The number of carboxylic acid groups (broad SMARTS) is 2. The van der Waals surface area contributed by atoms with Crippen molar-refractivity contribution in [2.24, 2.45) is 11.5 Å². The van der Waals surface area contributed by atoms with E-state index in [9.17, 15) is 19.2 Å². The second-order valence-corrected chi connectivity index (χ2v) is 8.89. The number of carbonyl (C=O) groups excluding carboxylic acids is 2. The summed E-state index contributed by atoms with van der Waals surface area (Å²) < 4.78 is 0. The van der Waals surface area contributed by atoms with E-state index in [1.807, 2.05) is 24.3 Å². The molecule has 0 aromatic heterocycles. The second-order valence-electron chi connectivity index (χ2n) is 6.91. The van der Waals surface area contributed by atoms with Crippen LogP contribution in [0.3, 0.4) is 0 Å². The lowest BCUT2D eigenvalue weighted by molar-refractivity contribution is -0.138. The maximum Gasteiger partial charge on any atom is 0.321 e. The summed E-state index contributed by atoms with van der Waals surface area (Å²) in [5.41, 5.74) is 13.9. The highest BCUT2D eigenvalue weighted by Crippen LogP contribution is 2.18. The number of nitrogens with two attached hydrogens (primary N) is 2. The summed E-state index contributed by atoms with van der Waals surface area (Å²) in [6.45, 7) is 0. The molecule has 0 aliphatic heterocycles. The predicted molar refractivity (Wildman–Crippen MR) is 130 cm³/mol. The normalized spacial score (nSPS) is 12.4. The van der Waals surface area contributed by atoms with Crippen LogP contribution in [0.25, 0.3) is 0 Å². The van der Waals surface area contributed by atoms with E-state index in [0.717, 1.165) is 34.7 Å². The molecule has 2 aromatic rings. The van der Waals surface area contributed by atoms with E-state index in [2.05, 4.69) is 10.6 Å². The molecule has 0 fully saturated rings. The number of hydrogen-bond donors (Lipinski definition) is 6. The van der Waals surface area contributed by atoms with Gasteiger partial charge in [-0.05, 0) is 41.8 Å². The molecule has 0 saturated carbocycles. The molecule has 12 heteroatoms. The number of anilines is 2. The van der Waals surface area contributed by atoms with Gasteiger partial charge in [-0.3, -0.25) is 19.2 Å². The van der Waals surface area contributed by atoms with Crippen LogP contribution in [-0.4, -0.2) is 56.2 Å². The Morgan fingerprint density at radius 3 is 1.33 bits per heavy atom. The maximum absolute atomic E-state index is 11.9. The van der Waals surface area contributed by atoms with Gasteiger partial charge in [0, 0.05) is 22.9 Å². The van der Waals surface area contributed by atoms with Crippen molar-refractivity contribution in [1.29, 1.82) is 0 Å². The van der Waals surface area contributed by atoms with E-state index >= 15 is 0 Å². The van der Waals surface area contributed by atoms with Crippen molar-refractivity contribution in [3.63, 3.8) is 0 Å². The van der Waals surface area contributed by atoms with Gasteiger partial charge in [0.2, 0.25) is 0 Å². The van der Waals surface area contributed by atoms with E-state index in [-0.39, 0.29) is 22.0 Å². The number of rotatable bonds is 10. The van der Waals surface area contributed by atoms with Crippen molar-refractivity contribution in [2.45, 2.75) is 18.5 Å². The Bertz CT molecular complexity index is 906. The molecule has 10 nitrogen and oxygen atoms in total. The average molecular weight is 493 g/mol. The van der Waals surface area contributed by atoms with Crippen molar-refractivity contribution in [3.8, 4) is 0 Å². The summed E-state index contributed by atoms with van der Waals surface area (Å²) >= 11 is 1.61. The molecular weight excluding hydrogens is 468 g/mol. The quantitative estimate of drug-likeness (QED) is 0.288. The van der Waals surface area contributed by atoms with E-state index < -0.39 is 24.0 Å². The van der Waals surface area contributed by atoms with Crippen LogP contribution in [-0.2, 0) is 16.0 Å². The van der Waals surface area contributed by atoms with E-state index in [0.29, 0.717) is 17.8 Å². The van der Waals surface area contributed by atoms with Gasteiger partial charge in [-0.1, -0.05) is 47.8 Å². The van der Waals surface area contributed by atoms with Gasteiger partial charge < -0.3 is 32.3 Å². The molecule has 0 radical (unpaired) electrons. The minimum Gasteiger partial charge on any atom is -0.480 e. The summed E-state index contributed by atoms with van der Waals surface area (Å²) in [5, 5.41) is 22.0. The minimum atomic E-state index is -1.16. The first-order valence-electron chi connectivity index (χ1n) is 9.66. The Kier molecular flexibility index (Phi) is 10.2. The molecule has 0 aliphatic carbocycles. The molecule has 2 rings (SSSR count). The molecule has 176 valence electrons. The molecular formula is C21H24N4O6S2. The zero-order chi connectivity index (χ0) is 24.4. The number of thioether (sulfide) groups is 2. The number of amides is 2. The standard InChI is InChI=1S/C21H24N4O6S2/c22-16(18(26)27)10-32-20(30)24-14-5-1-12(2-6-14)9-13-3-7-15(8-4-13)25-21(31)33-11-17(23)19(28)29/h1-8,16-17H,9-11,22-23H2,(H,24,30)(H,25,31)(H,26,27)(H,28,29)/t16-,17-/m0/s1. The predicted octanol–water partition coefficient (Wildman–Crippen LogP) is 2.63. The average Bonchev–Trinajstić information content (AvgIpc) is 2.78. The van der Waals surface area contributed by atoms with Crippen molar-refractivity contribution in [3.05, 3.63) is 59.7 Å². The molecule has 2 atom stereocenters. The van der Waals surface area contributed by atoms with Crippen LogP contribution in [0, 0.1) is 0 Å². The van der Waals surface area contributed by atoms with Crippen LogP contribution in [0.4, 0.5) is 21.0 Å². The fourth-order valence-corrected chi connectivity index (χ4v) is 3.76. The first-order chi connectivity index (χ1) is 15.6. The zero-order valence-electron chi connectivity index (χ0n) is 17.4. The molecule has 0 heterocycles. The molecule has 0 unspecified atom stereocenters. The number of nitrogens with one attached hydrogen (secondary N) is 2. The van der Waals surface area contributed by atoms with Crippen molar-refractivity contribution < 1.29 is 29.4 Å². The monoisotopic (exact) mass is 492 g/mol. The lowest BCUT2D eigenvalue weighted by Crippen LogP contribution is -2.33. The van der Waals surface area contributed by atoms with Gasteiger partial charge in [-0.2, -0.15) is 0 Å². The molecule has 33 heavy (non-hydrogen) atoms. The molecule has 0 saturated heterocycles. The summed E-state index contributed by atoms with van der Waals surface area (Å²) in [6.07, 6.45) is 0.632. The Morgan fingerprint density at radius 1 is 0.697 bits per heavy atom. The number of hydrogen-bond acceptors (Lipinski definition) is 8. The van der Waals surface area contributed by atoms with Gasteiger partial charge in [0.1, 0.15) is 12.1 Å². The van der Waals surface area contributed by atoms with Gasteiger partial charge in [0.05, 0.1) is 0 Å². The van der Waals surface area contributed by atoms with E-state index in [1.54, 1.807) is 24.3 Å². The van der Waals surface area contributed by atoms with E-state index in [4.69, 9.17) is 21.7 Å². The van der Waals surface area contributed by atoms with Crippen LogP contribution in [0.2, 0.25) is 0 Å². The second kappa shape index (κ2) is 12.8. The lowest BCUT2D eigenvalue weighted by Gasteiger charge is -2.09. The Balaban J connectivity index is 1.81. The van der Waals surface area contributed by atoms with Crippen molar-refractivity contribution >= 4 is 57.3 Å². The molecule has 8 N–H and O–H groups in total. The fourth-order valence-electron chi connectivity index (χ4n) is 2.43. The Labute approximate surface area is 198 Å². The number of carbonyl (C=O) groups is 4. The summed E-state index contributed by atoms with van der Waals surface area (Å²) in [5.74, 6) is -2.36. The molecule has 2 aromatic carbocycles. The van der Waals surface area contributed by atoms with Crippen molar-refractivity contribution in [2.75, 3.05) is 22.1 Å². The van der Waals surface area contributed by atoms with Crippen LogP contribution in [0.15, 0.2) is 48.5 Å². The lowest BCUT2D eigenvalue weighted by atomic mass is 10.0. The third-order valence-corrected chi connectivity index (χ3v) is 6.01. The van der Waals surface area contributed by atoms with Crippen LogP contribution in [0.1, 0.15) is 11.1 Å². The Hall–Kier alpha value is -3.06. The highest BCUT2D eigenvalue weighted by molar-refractivity contribution is 8.14. The molecule has 0 bridgehead atoms. The topological polar surface area (TPSA) is 185 Å². The first-order valence-corrected chi connectivity index (χ1v) is 11.6. The van der Waals surface area contributed by atoms with Gasteiger partial charge in [-0.25, -0.2) is 0 Å². The first kappa shape index (κ1) is 26.2. The largest absolute Gasteiger partial charge is 0.480 e. The highest BCUT2D eigenvalue weighted by Gasteiger charge is 2.15. The van der Waals surface area contributed by atoms with Gasteiger partial charge in [0.15, 0.2) is 0 Å². The fraction of sp³-hybridized carbons (Fsp3) is 0.238. The molecule has 0 spiro atoms. The SMILES string of the molecule is N[C@@H](CSC(=O)Nc1ccc(Cc2ccc(NC(=O)SC[C@H](N)C(=O)O)cc2)cc1)C(=O)O. The number of benzene rings is 2. The smallest absolute Gasteiger partial charge is 0.321 e. The van der Waals surface area contributed by atoms with Crippen LogP contribution >= 0.6 is 23.5 Å².